The molecule has 0 aromatic carbocycles. The molecule has 0 aliphatic carbocycles. The van der Waals surface area contributed by atoms with Crippen molar-refractivity contribution in [2.24, 2.45) is 0 Å². The summed E-state index contributed by atoms with van der Waals surface area (Å²) < 4.78 is 12.5. The van der Waals surface area contributed by atoms with Crippen LogP contribution in [0.3, 0.4) is 0 Å². The second-order valence-corrected chi connectivity index (χ2v) is 3.30. The molecule has 4 rings (SSSR count). The number of oxazole rings is 1. The predicted octanol–water partition coefficient (Wildman–Crippen LogP) is 1.69. The number of rotatable bonds is 0. The van der Waals surface area contributed by atoms with Crippen LogP contribution < -0.4 is 0 Å². The van der Waals surface area contributed by atoms with Gasteiger partial charge in [-0.1, -0.05) is 0 Å². The van der Waals surface area contributed by atoms with Crippen LogP contribution in [-0.4, -0.2) is 34.9 Å². The minimum absolute atomic E-state index is 1.38. The van der Waals surface area contributed by atoms with E-state index in [-0.39, 0.29) is 0 Å². The van der Waals surface area contributed by atoms with E-state index in [1.807, 2.05) is 11.4 Å². The zero-order chi connectivity index (χ0) is 14.1. The third-order valence-corrected chi connectivity index (χ3v) is 1.83. The van der Waals surface area contributed by atoms with Crippen molar-refractivity contribution in [1.82, 2.24) is 34.9 Å². The summed E-state index contributed by atoms with van der Waals surface area (Å²) in [5, 5.41) is 14.3. The first-order chi connectivity index (χ1) is 10.0. The molecule has 0 unspecified atom stereocenters. The van der Waals surface area contributed by atoms with Gasteiger partial charge in [-0.25, -0.2) is 14.3 Å². The molecule has 20 heavy (non-hydrogen) atoms. The van der Waals surface area contributed by atoms with Crippen LogP contribution >= 0.6 is 11.5 Å². The molecule has 0 amide bonds. The number of nitrogens with zero attached hydrogens (tertiary/aromatic N) is 6. The molecule has 0 bridgehead atoms. The van der Waals surface area contributed by atoms with Gasteiger partial charge in [0.2, 0.25) is 0 Å². The monoisotopic (exact) mass is 293 g/mol. The van der Waals surface area contributed by atoms with Crippen LogP contribution in [0.15, 0.2) is 70.6 Å². The molecule has 4 heterocycles. The van der Waals surface area contributed by atoms with Gasteiger partial charge in [-0.2, -0.15) is 5.10 Å². The number of hydrogen-bond acceptors (Lipinski definition) is 9. The van der Waals surface area contributed by atoms with Crippen LogP contribution in [0.5, 0.6) is 0 Å². The van der Waals surface area contributed by atoms with Crippen LogP contribution in [0.1, 0.15) is 0 Å². The van der Waals surface area contributed by atoms with E-state index >= 15 is 0 Å². The van der Waals surface area contributed by atoms with E-state index in [1.54, 1.807) is 12.4 Å². The predicted molar refractivity (Wildman–Crippen MR) is 69.3 cm³/mol. The molecule has 0 spiro atoms. The Bertz CT molecular complexity index is 363. The van der Waals surface area contributed by atoms with Crippen molar-refractivity contribution >= 4 is 11.5 Å². The lowest BCUT2D eigenvalue weighted by Gasteiger charge is -1.47. The van der Waals surface area contributed by atoms with E-state index in [9.17, 15) is 0 Å². The highest BCUT2D eigenvalue weighted by molar-refractivity contribution is 7.03. The van der Waals surface area contributed by atoms with Gasteiger partial charge >= 0.3 is 0 Å². The minimum Gasteiger partial charge on any atom is -0.452 e. The Kier molecular flexibility index (Phi) is 9.54. The van der Waals surface area contributed by atoms with Gasteiger partial charge in [0.1, 0.15) is 25.2 Å². The summed E-state index contributed by atoms with van der Waals surface area (Å²) in [6.07, 6.45) is 12.1. The molecule has 0 aliphatic heterocycles. The Morgan fingerprint density at radius 1 is 1.05 bits per heavy atom. The van der Waals surface area contributed by atoms with Crippen LogP contribution in [0.4, 0.5) is 0 Å². The molecule has 0 saturated heterocycles. The summed E-state index contributed by atoms with van der Waals surface area (Å²) >= 11 is 1.46. The first-order valence-electron chi connectivity index (χ1n) is 5.16. The number of aromatic amines is 1. The van der Waals surface area contributed by atoms with Crippen molar-refractivity contribution < 1.29 is 8.94 Å². The summed E-state index contributed by atoms with van der Waals surface area (Å²) in [4.78, 5) is 7.11. The Labute approximate surface area is 117 Å². The van der Waals surface area contributed by atoms with E-state index in [1.165, 1.54) is 49.3 Å². The van der Waals surface area contributed by atoms with E-state index in [2.05, 4.69) is 43.8 Å². The molecule has 1 N–H and O–H groups in total. The molecule has 104 valence electrons. The largest absolute Gasteiger partial charge is 0.452 e. The molecule has 4 aromatic rings. The molecule has 10 heteroatoms. The SMILES string of the molecule is c1cnsc1.c1cocn1.c1conn1.c1nc[nH]n1. The van der Waals surface area contributed by atoms with Gasteiger partial charge in [-0.3, -0.25) is 5.10 Å². The molecule has 0 saturated carbocycles. The lowest BCUT2D eigenvalue weighted by atomic mass is 10.8. The molecular weight excluding hydrogens is 282 g/mol. The average molecular weight is 293 g/mol. The van der Waals surface area contributed by atoms with Gasteiger partial charge in [-0.15, -0.1) is 5.10 Å². The third kappa shape index (κ3) is 10.3. The lowest BCUT2D eigenvalue weighted by Crippen LogP contribution is -1.53. The highest BCUT2D eigenvalue weighted by Gasteiger charge is 1.61. The van der Waals surface area contributed by atoms with Gasteiger partial charge in [-0.05, 0) is 17.6 Å². The fraction of sp³-hybridized carbons (Fsp3) is 0. The maximum atomic E-state index is 4.47. The molecule has 0 atom stereocenters. The van der Waals surface area contributed by atoms with Gasteiger partial charge < -0.3 is 8.94 Å². The van der Waals surface area contributed by atoms with Crippen molar-refractivity contribution in [2.45, 2.75) is 0 Å². The molecule has 9 nitrogen and oxygen atoms in total. The van der Waals surface area contributed by atoms with Crippen LogP contribution in [0.25, 0.3) is 0 Å². The average Bonchev–Trinajstić information content (AvgIpc) is 3.40. The summed E-state index contributed by atoms with van der Waals surface area (Å²) in [5.74, 6) is 0. The molecular formula is C10H11N7O2S. The molecule has 0 fully saturated rings. The van der Waals surface area contributed by atoms with Gasteiger partial charge in [0.05, 0.1) is 12.4 Å². The lowest BCUT2D eigenvalue weighted by molar-refractivity contribution is 0.393. The second kappa shape index (κ2) is 12.6. The quantitative estimate of drug-likeness (QED) is 0.520. The fourth-order valence-corrected chi connectivity index (χ4v) is 1.01. The number of nitrogens with one attached hydrogen (secondary N) is 1. The van der Waals surface area contributed by atoms with Crippen molar-refractivity contribution in [3.63, 3.8) is 0 Å². The normalized spacial score (nSPS) is 8.00. The first kappa shape index (κ1) is 15.2. The number of H-pyrrole nitrogens is 1. The summed E-state index contributed by atoms with van der Waals surface area (Å²) in [6, 6.07) is 1.91. The topological polar surface area (TPSA) is 119 Å². The van der Waals surface area contributed by atoms with E-state index in [4.69, 9.17) is 0 Å². The van der Waals surface area contributed by atoms with Gasteiger partial charge in [0.15, 0.2) is 6.39 Å². The van der Waals surface area contributed by atoms with E-state index < -0.39 is 0 Å². The summed E-state index contributed by atoms with van der Waals surface area (Å²) in [6.45, 7) is 0. The number of aromatic nitrogens is 7. The Morgan fingerprint density at radius 3 is 2.25 bits per heavy atom. The molecule has 0 aliphatic rings. The maximum absolute atomic E-state index is 4.47. The summed E-state index contributed by atoms with van der Waals surface area (Å²) in [7, 11) is 0. The smallest absolute Gasteiger partial charge is 0.180 e. The van der Waals surface area contributed by atoms with Crippen molar-refractivity contribution in [2.75, 3.05) is 0 Å². The standard InChI is InChI=1S/C3H3NO.C3H3NS.C2H3N3.C2H2N2O/c1-2-5-3-4-1;1-2-4-5-3-1;1-3-2-5-4-1;1-2-5-4-3-1/h2*1-3H;1-2H,(H,3,4,5);1-2H. The Morgan fingerprint density at radius 2 is 2.05 bits per heavy atom. The van der Waals surface area contributed by atoms with Crippen LogP contribution in [-0.2, 0) is 0 Å². The van der Waals surface area contributed by atoms with Gasteiger partial charge in [0.25, 0.3) is 0 Å². The second-order valence-electron chi connectivity index (χ2n) is 2.60. The zero-order valence-electron chi connectivity index (χ0n) is 10.2. The Balaban J connectivity index is 0.000000133. The van der Waals surface area contributed by atoms with E-state index in [0.29, 0.717) is 0 Å². The zero-order valence-corrected chi connectivity index (χ0v) is 11.0. The molecule has 4 aromatic heterocycles. The number of hydrogen-bond donors (Lipinski definition) is 1. The van der Waals surface area contributed by atoms with Crippen LogP contribution in [0.2, 0.25) is 0 Å². The van der Waals surface area contributed by atoms with Crippen LogP contribution in [0, 0.1) is 0 Å². The first-order valence-corrected chi connectivity index (χ1v) is 6.00. The molecule has 0 radical (unpaired) electrons. The van der Waals surface area contributed by atoms with E-state index in [0.717, 1.165) is 0 Å². The highest BCUT2D eigenvalue weighted by atomic mass is 32.1. The highest BCUT2D eigenvalue weighted by Crippen LogP contribution is 1.83. The third-order valence-electron chi connectivity index (χ3n) is 1.31. The van der Waals surface area contributed by atoms with Crippen molar-refractivity contribution in [1.29, 1.82) is 0 Å². The van der Waals surface area contributed by atoms with Crippen molar-refractivity contribution in [3.8, 4) is 0 Å². The van der Waals surface area contributed by atoms with Crippen molar-refractivity contribution in [3.05, 3.63) is 61.6 Å². The fourth-order valence-electron chi connectivity index (χ4n) is 0.654. The maximum Gasteiger partial charge on any atom is 0.180 e. The minimum atomic E-state index is 1.38. The Hall–Kier alpha value is -2.88. The summed E-state index contributed by atoms with van der Waals surface area (Å²) in [5.41, 5.74) is 0. The van der Waals surface area contributed by atoms with Gasteiger partial charge in [0, 0.05) is 16.8 Å².